The summed E-state index contributed by atoms with van der Waals surface area (Å²) in [6.07, 6.45) is 0. The summed E-state index contributed by atoms with van der Waals surface area (Å²) in [6, 6.07) is 7.73. The number of aromatic nitrogens is 2. The van der Waals surface area contributed by atoms with Crippen LogP contribution in [0.1, 0.15) is 5.56 Å². The van der Waals surface area contributed by atoms with E-state index in [1.807, 2.05) is 0 Å². The van der Waals surface area contributed by atoms with E-state index in [4.69, 9.17) is 5.73 Å². The summed E-state index contributed by atoms with van der Waals surface area (Å²) in [5.74, 6) is 0.116. The molecular weight excluding hydrogens is 241 g/mol. The van der Waals surface area contributed by atoms with Gasteiger partial charge in [0.2, 0.25) is 5.88 Å². The maximum absolute atomic E-state index is 13.3. The molecule has 6 heteroatoms. The van der Waals surface area contributed by atoms with Crippen LogP contribution in [-0.2, 0) is 5.75 Å². The predicted octanol–water partition coefficient (Wildman–Crippen LogP) is 2.20. The first-order valence-electron chi connectivity index (χ1n) is 4.85. The third kappa shape index (κ3) is 3.07. The molecule has 4 nitrogen and oxygen atoms in total. The molecule has 0 radical (unpaired) electrons. The highest BCUT2D eigenvalue weighted by atomic mass is 32.2. The molecule has 2 rings (SSSR count). The highest BCUT2D eigenvalue weighted by Gasteiger charge is 2.05. The fourth-order valence-electron chi connectivity index (χ4n) is 1.25. The average Bonchev–Trinajstić information content (AvgIpc) is 2.27. The molecule has 0 aliphatic carbocycles. The van der Waals surface area contributed by atoms with Gasteiger partial charge in [0.1, 0.15) is 11.6 Å². The van der Waals surface area contributed by atoms with Crippen LogP contribution in [0.15, 0.2) is 35.5 Å². The standard InChI is InChI=1S/C11H10FN3OS/c12-8-4-2-1-3-7(8)6-17-11-14-9(13)5-10(16)15-11/h1-5H,6H2,(H3,13,14,15,16). The fraction of sp³-hybridized carbons (Fsp3) is 0.0909. The number of thioether (sulfide) groups is 1. The SMILES string of the molecule is Nc1cc(O)nc(SCc2ccccc2F)n1. The monoisotopic (exact) mass is 251 g/mol. The van der Waals surface area contributed by atoms with E-state index < -0.39 is 0 Å². The zero-order valence-corrected chi connectivity index (χ0v) is 9.62. The van der Waals surface area contributed by atoms with Crippen LogP contribution in [0, 0.1) is 5.82 Å². The van der Waals surface area contributed by atoms with Crippen molar-refractivity contribution in [3.8, 4) is 5.88 Å². The molecule has 0 saturated heterocycles. The molecule has 0 amide bonds. The van der Waals surface area contributed by atoms with Crippen molar-refractivity contribution in [2.45, 2.75) is 10.9 Å². The van der Waals surface area contributed by atoms with Crippen molar-refractivity contribution >= 4 is 17.6 Å². The highest BCUT2D eigenvalue weighted by molar-refractivity contribution is 7.98. The largest absolute Gasteiger partial charge is 0.493 e. The van der Waals surface area contributed by atoms with E-state index in [0.29, 0.717) is 16.5 Å². The van der Waals surface area contributed by atoms with Gasteiger partial charge < -0.3 is 10.8 Å². The summed E-state index contributed by atoms with van der Waals surface area (Å²) in [6.45, 7) is 0. The van der Waals surface area contributed by atoms with Crippen molar-refractivity contribution in [1.29, 1.82) is 0 Å². The van der Waals surface area contributed by atoms with E-state index in [9.17, 15) is 9.50 Å². The molecule has 0 bridgehead atoms. The molecule has 1 aromatic heterocycles. The normalized spacial score (nSPS) is 10.4. The molecule has 0 aliphatic heterocycles. The van der Waals surface area contributed by atoms with Gasteiger partial charge in [-0.25, -0.2) is 9.37 Å². The van der Waals surface area contributed by atoms with Gasteiger partial charge in [0, 0.05) is 11.8 Å². The lowest BCUT2D eigenvalue weighted by Gasteiger charge is -2.03. The van der Waals surface area contributed by atoms with E-state index >= 15 is 0 Å². The van der Waals surface area contributed by atoms with Crippen molar-refractivity contribution in [1.82, 2.24) is 9.97 Å². The Morgan fingerprint density at radius 2 is 2.06 bits per heavy atom. The van der Waals surface area contributed by atoms with Crippen LogP contribution in [0.2, 0.25) is 0 Å². The number of hydrogen-bond acceptors (Lipinski definition) is 5. The Morgan fingerprint density at radius 1 is 1.29 bits per heavy atom. The van der Waals surface area contributed by atoms with E-state index in [1.165, 1.54) is 23.9 Å². The van der Waals surface area contributed by atoms with Gasteiger partial charge in [0.25, 0.3) is 0 Å². The fourth-order valence-corrected chi connectivity index (χ4v) is 2.10. The van der Waals surface area contributed by atoms with E-state index in [1.54, 1.807) is 18.2 Å². The van der Waals surface area contributed by atoms with Gasteiger partial charge in [-0.05, 0) is 11.6 Å². The van der Waals surface area contributed by atoms with Gasteiger partial charge in [-0.3, -0.25) is 0 Å². The minimum atomic E-state index is -0.270. The van der Waals surface area contributed by atoms with Gasteiger partial charge in [-0.1, -0.05) is 30.0 Å². The first-order chi connectivity index (χ1) is 8.15. The highest BCUT2D eigenvalue weighted by Crippen LogP contribution is 2.23. The van der Waals surface area contributed by atoms with Crippen LogP contribution < -0.4 is 5.73 Å². The Bertz CT molecular complexity index is 516. The molecule has 0 aliphatic rings. The summed E-state index contributed by atoms with van der Waals surface area (Å²) in [5, 5.41) is 9.55. The topological polar surface area (TPSA) is 72.0 Å². The molecule has 17 heavy (non-hydrogen) atoms. The maximum Gasteiger partial charge on any atom is 0.216 e. The van der Waals surface area contributed by atoms with Crippen molar-refractivity contribution < 1.29 is 9.50 Å². The molecule has 0 atom stereocenters. The number of benzene rings is 1. The Hall–Kier alpha value is -1.82. The Balaban J connectivity index is 2.10. The molecule has 3 N–H and O–H groups in total. The molecule has 88 valence electrons. The number of nitrogens with zero attached hydrogens (tertiary/aromatic N) is 2. The Labute approximate surface area is 102 Å². The van der Waals surface area contributed by atoms with Crippen molar-refractivity contribution in [2.24, 2.45) is 0 Å². The van der Waals surface area contributed by atoms with Gasteiger partial charge in [0.15, 0.2) is 5.16 Å². The average molecular weight is 251 g/mol. The molecular formula is C11H10FN3OS. The number of aromatic hydroxyl groups is 1. The molecule has 2 aromatic rings. The van der Waals surface area contributed by atoms with Crippen LogP contribution in [-0.4, -0.2) is 15.1 Å². The second kappa shape index (κ2) is 5.01. The van der Waals surface area contributed by atoms with E-state index in [-0.39, 0.29) is 17.5 Å². The minimum Gasteiger partial charge on any atom is -0.493 e. The van der Waals surface area contributed by atoms with Gasteiger partial charge in [-0.15, -0.1) is 0 Å². The Kier molecular flexibility index (Phi) is 3.43. The summed E-state index contributed by atoms with van der Waals surface area (Å²) < 4.78 is 13.3. The van der Waals surface area contributed by atoms with E-state index in [2.05, 4.69) is 9.97 Å². The minimum absolute atomic E-state index is 0.187. The number of hydrogen-bond donors (Lipinski definition) is 2. The first-order valence-corrected chi connectivity index (χ1v) is 5.83. The summed E-state index contributed by atoms with van der Waals surface area (Å²) >= 11 is 1.21. The zero-order chi connectivity index (χ0) is 12.3. The van der Waals surface area contributed by atoms with Gasteiger partial charge in [-0.2, -0.15) is 4.98 Å². The van der Waals surface area contributed by atoms with Gasteiger partial charge >= 0.3 is 0 Å². The van der Waals surface area contributed by atoms with Crippen LogP contribution in [0.3, 0.4) is 0 Å². The van der Waals surface area contributed by atoms with Gasteiger partial charge in [0.05, 0.1) is 0 Å². The van der Waals surface area contributed by atoms with Crippen LogP contribution in [0.25, 0.3) is 0 Å². The summed E-state index contributed by atoms with van der Waals surface area (Å²) in [7, 11) is 0. The molecule has 0 spiro atoms. The lowest BCUT2D eigenvalue weighted by atomic mass is 10.2. The Morgan fingerprint density at radius 3 is 2.76 bits per heavy atom. The predicted molar refractivity (Wildman–Crippen MR) is 64.1 cm³/mol. The number of anilines is 1. The first kappa shape index (κ1) is 11.7. The quantitative estimate of drug-likeness (QED) is 0.646. The van der Waals surface area contributed by atoms with Crippen LogP contribution in [0.5, 0.6) is 5.88 Å². The number of nitrogens with two attached hydrogens (primary N) is 1. The molecule has 0 fully saturated rings. The molecule has 0 unspecified atom stereocenters. The third-order valence-electron chi connectivity index (χ3n) is 2.03. The lowest BCUT2D eigenvalue weighted by Crippen LogP contribution is -1.95. The zero-order valence-electron chi connectivity index (χ0n) is 8.80. The number of halogens is 1. The van der Waals surface area contributed by atoms with Crippen LogP contribution >= 0.6 is 11.8 Å². The number of nitrogen functional groups attached to an aromatic ring is 1. The van der Waals surface area contributed by atoms with Crippen molar-refractivity contribution in [2.75, 3.05) is 5.73 Å². The van der Waals surface area contributed by atoms with E-state index in [0.717, 1.165) is 0 Å². The smallest absolute Gasteiger partial charge is 0.216 e. The molecule has 1 heterocycles. The second-order valence-electron chi connectivity index (χ2n) is 3.31. The summed E-state index contributed by atoms with van der Waals surface area (Å²) in [5.41, 5.74) is 6.02. The van der Waals surface area contributed by atoms with Crippen LogP contribution in [0.4, 0.5) is 10.2 Å². The maximum atomic E-state index is 13.3. The summed E-state index contributed by atoms with van der Waals surface area (Å²) in [4.78, 5) is 7.71. The second-order valence-corrected chi connectivity index (χ2v) is 4.26. The van der Waals surface area contributed by atoms with Crippen molar-refractivity contribution in [3.63, 3.8) is 0 Å². The molecule has 0 saturated carbocycles. The number of rotatable bonds is 3. The molecule has 1 aromatic carbocycles. The van der Waals surface area contributed by atoms with Crippen molar-refractivity contribution in [3.05, 3.63) is 41.7 Å². The third-order valence-corrected chi connectivity index (χ3v) is 2.92. The lowest BCUT2D eigenvalue weighted by molar-refractivity contribution is 0.446.